The number of anilines is 2. The normalized spacial score (nSPS) is 18.2. The highest BCUT2D eigenvalue weighted by atomic mass is 16.3. The number of benzene rings is 2. The van der Waals surface area contributed by atoms with Crippen LogP contribution in [0.2, 0.25) is 0 Å². The highest BCUT2D eigenvalue weighted by molar-refractivity contribution is 6.08. The number of nitrogens with zero attached hydrogens (tertiary/aromatic N) is 4. The molecule has 3 aromatic rings. The van der Waals surface area contributed by atoms with E-state index in [0.29, 0.717) is 41.9 Å². The van der Waals surface area contributed by atoms with Gasteiger partial charge in [0, 0.05) is 55.5 Å². The van der Waals surface area contributed by atoms with Gasteiger partial charge in [-0.25, -0.2) is 0 Å². The standard InChI is InChI=1S/C26H29N5O4/c1-18(8-6-7-14-31-17-21(13-15-32)28-29-31)26(35)22-16-20(11-12-23(22)30(2)25(26)34)27-24(33)19-9-4-3-5-10-19/h3-6,8-12,16-18,32,35H,7,13-15H2,1-2H3,(H,27,33)/b8-6+/t18-,26+/m1/s1. The topological polar surface area (TPSA) is 121 Å². The monoisotopic (exact) mass is 475 g/mol. The highest BCUT2D eigenvalue weighted by Gasteiger charge is 2.51. The largest absolute Gasteiger partial charge is 0.396 e. The van der Waals surface area contributed by atoms with Crippen LogP contribution < -0.4 is 10.2 Å². The van der Waals surface area contributed by atoms with Gasteiger partial charge in [-0.1, -0.05) is 42.5 Å². The lowest BCUT2D eigenvalue weighted by Crippen LogP contribution is -2.43. The minimum absolute atomic E-state index is 0.0241. The van der Waals surface area contributed by atoms with Crippen LogP contribution in [0.1, 0.15) is 35.0 Å². The van der Waals surface area contributed by atoms with Crippen molar-refractivity contribution in [2.75, 3.05) is 23.9 Å². The van der Waals surface area contributed by atoms with E-state index < -0.39 is 17.4 Å². The first-order valence-corrected chi connectivity index (χ1v) is 11.5. The van der Waals surface area contributed by atoms with Crippen LogP contribution in [0.15, 0.2) is 66.9 Å². The molecule has 0 spiro atoms. The van der Waals surface area contributed by atoms with Gasteiger partial charge in [0.2, 0.25) is 0 Å². The first kappa shape index (κ1) is 24.3. The van der Waals surface area contributed by atoms with Gasteiger partial charge in [-0.15, -0.1) is 5.10 Å². The maximum Gasteiger partial charge on any atom is 0.264 e. The van der Waals surface area contributed by atoms with Crippen molar-refractivity contribution < 1.29 is 19.8 Å². The Morgan fingerprint density at radius 3 is 2.74 bits per heavy atom. The summed E-state index contributed by atoms with van der Waals surface area (Å²) in [5, 5.41) is 31.5. The Balaban J connectivity index is 1.49. The maximum absolute atomic E-state index is 13.1. The lowest BCUT2D eigenvalue weighted by Gasteiger charge is -2.27. The SMILES string of the molecule is C[C@H](/C=C/CCn1cc(CCO)nn1)[C@@]1(O)C(=O)N(C)c2ccc(NC(=O)c3ccccc3)cc21. The molecule has 3 N–H and O–H groups in total. The third kappa shape index (κ3) is 4.87. The summed E-state index contributed by atoms with van der Waals surface area (Å²) in [5.74, 6) is -1.20. The van der Waals surface area contributed by atoms with Gasteiger partial charge in [-0.2, -0.15) is 0 Å². The number of amides is 2. The van der Waals surface area contributed by atoms with Crippen LogP contribution in [0, 0.1) is 5.92 Å². The summed E-state index contributed by atoms with van der Waals surface area (Å²) < 4.78 is 1.69. The van der Waals surface area contributed by atoms with E-state index in [4.69, 9.17) is 5.11 Å². The van der Waals surface area contributed by atoms with Crippen molar-refractivity contribution >= 4 is 23.2 Å². The van der Waals surface area contributed by atoms with E-state index >= 15 is 0 Å². The molecule has 2 aromatic carbocycles. The second kappa shape index (κ2) is 10.2. The molecule has 9 nitrogen and oxygen atoms in total. The minimum Gasteiger partial charge on any atom is -0.396 e. The summed E-state index contributed by atoms with van der Waals surface area (Å²) >= 11 is 0. The first-order valence-electron chi connectivity index (χ1n) is 11.5. The second-order valence-corrected chi connectivity index (χ2v) is 8.63. The van der Waals surface area contributed by atoms with E-state index in [1.54, 1.807) is 67.3 Å². The molecule has 0 radical (unpaired) electrons. The fraction of sp³-hybridized carbons (Fsp3) is 0.308. The Labute approximate surface area is 203 Å². The number of carbonyl (C=O) groups is 2. The Bertz CT molecular complexity index is 1240. The van der Waals surface area contributed by atoms with E-state index in [-0.39, 0.29) is 12.5 Å². The molecule has 182 valence electrons. The number of aliphatic hydroxyl groups is 2. The van der Waals surface area contributed by atoms with Gasteiger partial charge in [0.05, 0.1) is 11.4 Å². The summed E-state index contributed by atoms with van der Waals surface area (Å²) in [4.78, 5) is 27.1. The molecule has 0 saturated carbocycles. The van der Waals surface area contributed by atoms with E-state index in [1.807, 2.05) is 18.2 Å². The fourth-order valence-corrected chi connectivity index (χ4v) is 4.25. The molecule has 2 heterocycles. The number of fused-ring (bicyclic) bond motifs is 1. The number of aliphatic hydroxyl groups excluding tert-OH is 1. The number of likely N-dealkylation sites (N-methyl/N-ethyl adjacent to an activating group) is 1. The predicted octanol–water partition coefficient (Wildman–Crippen LogP) is 2.51. The van der Waals surface area contributed by atoms with E-state index in [1.165, 1.54) is 4.90 Å². The Kier molecular flexibility index (Phi) is 7.09. The number of carbonyl (C=O) groups excluding carboxylic acids is 2. The second-order valence-electron chi connectivity index (χ2n) is 8.63. The lowest BCUT2D eigenvalue weighted by molar-refractivity contribution is -0.139. The number of hydrogen-bond donors (Lipinski definition) is 3. The summed E-state index contributed by atoms with van der Waals surface area (Å²) in [5.41, 5.74) is 1.05. The molecule has 0 aliphatic carbocycles. The molecule has 1 aliphatic heterocycles. The van der Waals surface area contributed by atoms with Gasteiger partial charge >= 0.3 is 0 Å². The number of nitrogens with one attached hydrogen (secondary N) is 1. The molecule has 1 aromatic heterocycles. The minimum atomic E-state index is -1.75. The van der Waals surface area contributed by atoms with Crippen molar-refractivity contribution in [2.45, 2.75) is 31.9 Å². The number of aromatic nitrogens is 3. The van der Waals surface area contributed by atoms with Crippen molar-refractivity contribution in [1.29, 1.82) is 0 Å². The third-order valence-corrected chi connectivity index (χ3v) is 6.26. The van der Waals surface area contributed by atoms with Crippen LogP contribution >= 0.6 is 0 Å². The van der Waals surface area contributed by atoms with Crippen LogP contribution in [-0.2, 0) is 23.4 Å². The summed E-state index contributed by atoms with van der Waals surface area (Å²) in [6.07, 6.45) is 6.61. The van der Waals surface area contributed by atoms with Crippen molar-refractivity contribution in [2.24, 2.45) is 5.92 Å². The number of allylic oxidation sites excluding steroid dienone is 1. The predicted molar refractivity (Wildman–Crippen MR) is 132 cm³/mol. The molecule has 9 heteroatoms. The van der Waals surface area contributed by atoms with E-state index in [0.717, 1.165) is 5.69 Å². The summed E-state index contributed by atoms with van der Waals surface area (Å²) in [6.45, 7) is 2.40. The molecule has 0 fully saturated rings. The molecular formula is C26H29N5O4. The molecular weight excluding hydrogens is 446 g/mol. The third-order valence-electron chi connectivity index (χ3n) is 6.26. The van der Waals surface area contributed by atoms with Gasteiger partial charge in [-0.05, 0) is 36.8 Å². The molecule has 35 heavy (non-hydrogen) atoms. The molecule has 0 bridgehead atoms. The smallest absolute Gasteiger partial charge is 0.264 e. The van der Waals surface area contributed by atoms with Gasteiger partial charge in [-0.3, -0.25) is 14.3 Å². The molecule has 1 aliphatic rings. The van der Waals surface area contributed by atoms with Crippen LogP contribution in [0.4, 0.5) is 11.4 Å². The lowest BCUT2D eigenvalue weighted by atomic mass is 9.82. The maximum atomic E-state index is 13.1. The van der Waals surface area contributed by atoms with Crippen molar-refractivity contribution in [1.82, 2.24) is 15.0 Å². The van der Waals surface area contributed by atoms with E-state index in [2.05, 4.69) is 15.6 Å². The molecule has 0 saturated heterocycles. The summed E-state index contributed by atoms with van der Waals surface area (Å²) in [7, 11) is 1.63. The van der Waals surface area contributed by atoms with Crippen LogP contribution in [0.3, 0.4) is 0 Å². The number of aryl methyl sites for hydroxylation is 1. The van der Waals surface area contributed by atoms with Crippen molar-refractivity contribution in [3.05, 3.63) is 83.7 Å². The number of rotatable bonds is 9. The molecule has 2 amide bonds. The molecule has 4 rings (SSSR count). The van der Waals surface area contributed by atoms with Crippen LogP contribution in [0.25, 0.3) is 0 Å². The first-order chi connectivity index (χ1) is 16.8. The van der Waals surface area contributed by atoms with Gasteiger partial charge < -0.3 is 20.4 Å². The quantitative estimate of drug-likeness (QED) is 0.409. The van der Waals surface area contributed by atoms with Gasteiger partial charge in [0.15, 0.2) is 5.60 Å². The number of hydrogen-bond acceptors (Lipinski definition) is 6. The van der Waals surface area contributed by atoms with Gasteiger partial charge in [0.25, 0.3) is 11.8 Å². The Hall–Kier alpha value is -3.82. The van der Waals surface area contributed by atoms with Crippen molar-refractivity contribution in [3.8, 4) is 0 Å². The Morgan fingerprint density at radius 1 is 1.23 bits per heavy atom. The highest BCUT2D eigenvalue weighted by Crippen LogP contribution is 2.45. The van der Waals surface area contributed by atoms with Crippen LogP contribution in [0.5, 0.6) is 0 Å². The molecule has 2 atom stereocenters. The summed E-state index contributed by atoms with van der Waals surface area (Å²) in [6, 6.07) is 14.0. The van der Waals surface area contributed by atoms with Crippen LogP contribution in [-0.4, -0.2) is 50.7 Å². The Morgan fingerprint density at radius 2 is 2.00 bits per heavy atom. The van der Waals surface area contributed by atoms with E-state index in [9.17, 15) is 14.7 Å². The zero-order chi connectivity index (χ0) is 25.0. The van der Waals surface area contributed by atoms with Gasteiger partial charge in [0.1, 0.15) is 0 Å². The zero-order valence-corrected chi connectivity index (χ0v) is 19.8. The average molecular weight is 476 g/mol. The fourth-order valence-electron chi connectivity index (χ4n) is 4.25. The zero-order valence-electron chi connectivity index (χ0n) is 19.8. The van der Waals surface area contributed by atoms with Crippen molar-refractivity contribution in [3.63, 3.8) is 0 Å². The average Bonchev–Trinajstić information content (AvgIpc) is 3.39. The molecule has 0 unspecified atom stereocenters.